The van der Waals surface area contributed by atoms with E-state index < -0.39 is 23.8 Å². The summed E-state index contributed by atoms with van der Waals surface area (Å²) in [4.78, 5) is 13.7. The molecule has 0 aliphatic carbocycles. The number of esters is 1. The maximum Gasteiger partial charge on any atom is 0.416 e. The molecule has 1 atom stereocenters. The van der Waals surface area contributed by atoms with E-state index in [0.717, 1.165) is 13.2 Å². The largest absolute Gasteiger partial charge is 0.468 e. The van der Waals surface area contributed by atoms with E-state index in [-0.39, 0.29) is 5.56 Å². The fourth-order valence-electron chi connectivity index (χ4n) is 1.88. The lowest BCUT2D eigenvalue weighted by Crippen LogP contribution is -2.35. The normalized spacial score (nSPS) is 13.3. The summed E-state index contributed by atoms with van der Waals surface area (Å²) in [6.45, 7) is 0.945. The fourth-order valence-corrected chi connectivity index (χ4v) is 1.88. The number of nitrogens with zero attached hydrogens (tertiary/aromatic N) is 1. The van der Waals surface area contributed by atoms with Gasteiger partial charge in [0.05, 0.1) is 12.7 Å². The molecule has 1 aromatic rings. The monoisotopic (exact) mass is 304 g/mol. The van der Waals surface area contributed by atoms with Crippen molar-refractivity contribution in [3.63, 3.8) is 0 Å². The number of likely N-dealkylation sites (N-methyl/N-ethyl adjacent to an activating group) is 1. The smallest absolute Gasteiger partial charge is 0.416 e. The van der Waals surface area contributed by atoms with Crippen LogP contribution in [0, 0.1) is 0 Å². The molecule has 0 fully saturated rings. The zero-order valence-electron chi connectivity index (χ0n) is 12.2. The summed E-state index contributed by atoms with van der Waals surface area (Å²) >= 11 is 0. The highest BCUT2D eigenvalue weighted by Gasteiger charge is 2.36. The van der Waals surface area contributed by atoms with Gasteiger partial charge in [0.15, 0.2) is 0 Å². The molecule has 1 aromatic carbocycles. The fraction of sp³-hybridized carbons (Fsp3) is 0.500. The number of rotatable bonds is 6. The number of hydrogen-bond donors (Lipinski definition) is 1. The Kier molecular flexibility index (Phi) is 6.17. The summed E-state index contributed by atoms with van der Waals surface area (Å²) in [6, 6.07) is 3.86. The van der Waals surface area contributed by atoms with Crippen molar-refractivity contribution in [3.8, 4) is 0 Å². The van der Waals surface area contributed by atoms with Crippen molar-refractivity contribution in [1.29, 1.82) is 0 Å². The van der Waals surface area contributed by atoms with E-state index in [9.17, 15) is 18.0 Å². The minimum Gasteiger partial charge on any atom is -0.468 e. The van der Waals surface area contributed by atoms with Crippen LogP contribution >= 0.6 is 0 Å². The predicted octanol–water partition coefficient (Wildman–Crippen LogP) is 2.07. The Morgan fingerprint density at radius 1 is 1.33 bits per heavy atom. The van der Waals surface area contributed by atoms with Crippen molar-refractivity contribution in [1.82, 2.24) is 10.2 Å². The summed E-state index contributed by atoms with van der Waals surface area (Å²) in [5, 5.41) is 2.81. The number of methoxy groups -OCH3 is 1. The molecule has 118 valence electrons. The summed E-state index contributed by atoms with van der Waals surface area (Å²) in [5.74, 6) is -0.745. The zero-order chi connectivity index (χ0) is 16.0. The molecule has 21 heavy (non-hydrogen) atoms. The Morgan fingerprint density at radius 3 is 2.48 bits per heavy atom. The first-order chi connectivity index (χ1) is 9.77. The highest BCUT2D eigenvalue weighted by Crippen LogP contribution is 2.34. The molecule has 0 aliphatic rings. The topological polar surface area (TPSA) is 41.6 Å². The van der Waals surface area contributed by atoms with Gasteiger partial charge in [-0.3, -0.25) is 5.32 Å². The molecule has 1 N–H and O–H groups in total. The number of benzene rings is 1. The van der Waals surface area contributed by atoms with Crippen molar-refractivity contribution in [2.75, 3.05) is 34.3 Å². The van der Waals surface area contributed by atoms with Crippen LogP contribution in [0.4, 0.5) is 13.2 Å². The van der Waals surface area contributed by atoms with Gasteiger partial charge in [-0.2, -0.15) is 13.2 Å². The number of alkyl halides is 3. The number of carbonyl (C=O) groups is 1. The van der Waals surface area contributed by atoms with Gasteiger partial charge in [-0.15, -0.1) is 0 Å². The number of halogens is 3. The van der Waals surface area contributed by atoms with Crippen LogP contribution < -0.4 is 5.32 Å². The molecule has 1 rings (SSSR count). The van der Waals surface area contributed by atoms with Crippen molar-refractivity contribution >= 4 is 5.97 Å². The summed E-state index contributed by atoms with van der Waals surface area (Å²) in [7, 11) is 4.82. The number of hydrogen-bond acceptors (Lipinski definition) is 4. The third-order valence-electron chi connectivity index (χ3n) is 2.92. The Labute approximate surface area is 121 Å². The summed E-state index contributed by atoms with van der Waals surface area (Å²) < 4.78 is 43.7. The third-order valence-corrected chi connectivity index (χ3v) is 2.92. The molecule has 0 spiro atoms. The Balaban J connectivity index is 3.06. The minimum absolute atomic E-state index is 0.129. The van der Waals surface area contributed by atoms with E-state index in [1.165, 1.54) is 18.2 Å². The molecule has 0 amide bonds. The maximum absolute atomic E-state index is 13.0. The number of nitrogens with one attached hydrogen (secondary N) is 1. The first-order valence-corrected chi connectivity index (χ1v) is 6.39. The van der Waals surface area contributed by atoms with Crippen LogP contribution in [0.2, 0.25) is 0 Å². The Hall–Kier alpha value is -1.60. The number of carbonyl (C=O) groups excluding carboxylic acids is 1. The first kappa shape index (κ1) is 17.5. The maximum atomic E-state index is 13.0. The van der Waals surface area contributed by atoms with Crippen LogP contribution in [0.15, 0.2) is 24.3 Å². The Bertz CT molecular complexity index is 476. The standard InChI is InChI=1S/C14H19F3N2O2/c1-19(2)9-8-18-12(13(20)21-3)10-6-4-5-7-11(10)14(15,16)17/h4-7,12,18H,8-9H2,1-3H3. The van der Waals surface area contributed by atoms with Crippen molar-refractivity contribution < 1.29 is 22.7 Å². The van der Waals surface area contributed by atoms with Gasteiger partial charge in [0.25, 0.3) is 0 Å². The van der Waals surface area contributed by atoms with Crippen molar-refractivity contribution in [3.05, 3.63) is 35.4 Å². The predicted molar refractivity (Wildman–Crippen MR) is 72.8 cm³/mol. The average molecular weight is 304 g/mol. The molecular formula is C14H19F3N2O2. The van der Waals surface area contributed by atoms with Gasteiger partial charge in [-0.05, 0) is 25.7 Å². The zero-order valence-corrected chi connectivity index (χ0v) is 12.2. The molecule has 0 saturated heterocycles. The van der Waals surface area contributed by atoms with Gasteiger partial charge < -0.3 is 9.64 Å². The molecule has 0 heterocycles. The van der Waals surface area contributed by atoms with E-state index >= 15 is 0 Å². The van der Waals surface area contributed by atoms with Crippen LogP contribution in [0.5, 0.6) is 0 Å². The molecule has 0 aromatic heterocycles. The highest BCUT2D eigenvalue weighted by molar-refractivity contribution is 5.78. The van der Waals surface area contributed by atoms with Crippen molar-refractivity contribution in [2.24, 2.45) is 0 Å². The van der Waals surface area contributed by atoms with E-state index in [4.69, 9.17) is 0 Å². The Morgan fingerprint density at radius 2 is 1.95 bits per heavy atom. The molecule has 7 heteroatoms. The SMILES string of the molecule is COC(=O)C(NCCN(C)C)c1ccccc1C(F)(F)F. The van der Waals surface area contributed by atoms with Gasteiger partial charge in [-0.1, -0.05) is 18.2 Å². The van der Waals surface area contributed by atoms with Crippen LogP contribution in [-0.4, -0.2) is 45.2 Å². The van der Waals surface area contributed by atoms with Crippen LogP contribution in [-0.2, 0) is 15.7 Å². The van der Waals surface area contributed by atoms with E-state index in [1.54, 1.807) is 0 Å². The van der Waals surface area contributed by atoms with E-state index in [1.807, 2.05) is 19.0 Å². The van der Waals surface area contributed by atoms with Crippen LogP contribution in [0.25, 0.3) is 0 Å². The van der Waals surface area contributed by atoms with E-state index in [0.29, 0.717) is 13.1 Å². The first-order valence-electron chi connectivity index (χ1n) is 6.39. The van der Waals surface area contributed by atoms with Crippen molar-refractivity contribution in [2.45, 2.75) is 12.2 Å². The summed E-state index contributed by atoms with van der Waals surface area (Å²) in [6.07, 6.45) is -4.52. The quantitative estimate of drug-likeness (QED) is 0.817. The van der Waals surface area contributed by atoms with Crippen LogP contribution in [0.1, 0.15) is 17.2 Å². The molecule has 0 saturated carbocycles. The summed E-state index contributed by atoms with van der Waals surface area (Å²) in [5.41, 5.74) is -0.964. The molecule has 0 radical (unpaired) electrons. The van der Waals surface area contributed by atoms with E-state index in [2.05, 4.69) is 10.1 Å². The second-order valence-corrected chi connectivity index (χ2v) is 4.80. The number of ether oxygens (including phenoxy) is 1. The molecule has 0 aliphatic heterocycles. The minimum atomic E-state index is -4.52. The van der Waals surface area contributed by atoms with Gasteiger partial charge in [0, 0.05) is 13.1 Å². The van der Waals surface area contributed by atoms with Crippen LogP contribution in [0.3, 0.4) is 0 Å². The lowest BCUT2D eigenvalue weighted by molar-refractivity contribution is -0.145. The molecule has 1 unspecified atom stereocenters. The lowest BCUT2D eigenvalue weighted by atomic mass is 9.99. The second kappa shape index (κ2) is 7.42. The molecule has 4 nitrogen and oxygen atoms in total. The average Bonchev–Trinajstić information content (AvgIpc) is 2.41. The molecular weight excluding hydrogens is 285 g/mol. The van der Waals surface area contributed by atoms with Gasteiger partial charge in [0.1, 0.15) is 6.04 Å². The second-order valence-electron chi connectivity index (χ2n) is 4.80. The van der Waals surface area contributed by atoms with Gasteiger partial charge >= 0.3 is 12.1 Å². The van der Waals surface area contributed by atoms with Gasteiger partial charge in [0.2, 0.25) is 0 Å². The molecule has 0 bridgehead atoms. The highest BCUT2D eigenvalue weighted by atomic mass is 19.4. The lowest BCUT2D eigenvalue weighted by Gasteiger charge is -2.21. The third kappa shape index (κ3) is 5.02. The van der Waals surface area contributed by atoms with Gasteiger partial charge in [-0.25, -0.2) is 4.79 Å².